The Hall–Kier alpha value is -4.31. The van der Waals surface area contributed by atoms with Crippen molar-refractivity contribution in [3.8, 4) is 11.4 Å². The van der Waals surface area contributed by atoms with E-state index in [1.165, 1.54) is 23.5 Å². The number of esters is 2. The zero-order valence-corrected chi connectivity index (χ0v) is 29.9. The van der Waals surface area contributed by atoms with Crippen molar-refractivity contribution >= 4 is 56.8 Å². The number of ether oxygens (including phenoxy) is 2. The van der Waals surface area contributed by atoms with Crippen LogP contribution >= 0.6 is 23.5 Å². The number of allylic oxidation sites excluding steroid dienone is 1. The van der Waals surface area contributed by atoms with Gasteiger partial charge in [0.15, 0.2) is 16.0 Å². The number of ketones is 1. The van der Waals surface area contributed by atoms with Crippen molar-refractivity contribution in [1.82, 2.24) is 25.2 Å². The Balaban J connectivity index is 0.000000268. The van der Waals surface area contributed by atoms with Crippen molar-refractivity contribution in [2.24, 2.45) is 5.73 Å². The summed E-state index contributed by atoms with van der Waals surface area (Å²) in [5.41, 5.74) is 9.48. The maximum absolute atomic E-state index is 12.2. The Bertz CT molecular complexity index is 1780. The van der Waals surface area contributed by atoms with E-state index in [-0.39, 0.29) is 34.8 Å². The Labute approximate surface area is 290 Å². The molecule has 0 aliphatic heterocycles. The molecule has 0 radical (unpaired) electrons. The van der Waals surface area contributed by atoms with Gasteiger partial charge in [-0.2, -0.15) is 0 Å². The Morgan fingerprint density at radius 2 is 1.47 bits per heavy atom. The summed E-state index contributed by atoms with van der Waals surface area (Å²) in [6.45, 7) is 4.04. The summed E-state index contributed by atoms with van der Waals surface area (Å²) >= 11 is 2.71. The third kappa shape index (κ3) is 12.3. The lowest BCUT2D eigenvalue weighted by atomic mass is 9.91. The number of aromatic nitrogens is 4. The summed E-state index contributed by atoms with van der Waals surface area (Å²) in [5.74, 6) is -0.979. The van der Waals surface area contributed by atoms with Crippen LogP contribution in [-0.4, -0.2) is 105 Å². The molecule has 21 heteroatoms. The number of hydrogen-bond donors (Lipinski definition) is 2. The van der Waals surface area contributed by atoms with E-state index in [1.807, 2.05) is 31.4 Å². The van der Waals surface area contributed by atoms with Gasteiger partial charge in [-0.05, 0) is 57.6 Å². The van der Waals surface area contributed by atoms with Crippen LogP contribution in [0.15, 0.2) is 32.2 Å². The molecule has 2 aliphatic rings. The fourth-order valence-corrected chi connectivity index (χ4v) is 4.60. The van der Waals surface area contributed by atoms with Crippen LogP contribution in [-0.2, 0) is 39.1 Å². The molecule has 0 amide bonds. The zero-order valence-electron chi connectivity index (χ0n) is 27.4. The lowest BCUT2D eigenvalue weighted by Gasteiger charge is -2.14. The molecular weight excluding hydrogens is 707 g/mol. The SMILES string of the molecule is CCOC(=O)c1onc2c1CC/C(=C\N(C)C)C2=O.CCOC(=O)c1onc2c1CCc1cnc(SC)nc1-2.CSC(=N)N.O=S(=O)([O-])[O-]. The van der Waals surface area contributed by atoms with E-state index in [9.17, 15) is 14.4 Å². The van der Waals surface area contributed by atoms with Gasteiger partial charge in [-0.1, -0.05) is 33.8 Å². The van der Waals surface area contributed by atoms with Crippen molar-refractivity contribution < 1.29 is 50.4 Å². The second-order valence-electron chi connectivity index (χ2n) is 9.77. The molecular formula is C28H35N7O11S3-2. The molecule has 0 aromatic carbocycles. The zero-order chi connectivity index (χ0) is 36.9. The largest absolute Gasteiger partial charge is 0.759 e. The monoisotopic (exact) mass is 741 g/mol. The summed E-state index contributed by atoms with van der Waals surface area (Å²) in [4.78, 5) is 46.2. The van der Waals surface area contributed by atoms with Crippen LogP contribution < -0.4 is 5.73 Å². The van der Waals surface area contributed by atoms with Gasteiger partial charge < -0.3 is 38.3 Å². The number of nitrogens with zero attached hydrogens (tertiary/aromatic N) is 5. The molecule has 0 unspecified atom stereocenters. The van der Waals surface area contributed by atoms with Crippen molar-refractivity contribution in [2.45, 2.75) is 44.7 Å². The van der Waals surface area contributed by atoms with Crippen molar-refractivity contribution in [1.29, 1.82) is 5.41 Å². The molecule has 2 aliphatic carbocycles. The third-order valence-electron chi connectivity index (χ3n) is 6.18. The normalized spacial score (nSPS) is 13.5. The van der Waals surface area contributed by atoms with Crippen LogP contribution in [0.3, 0.4) is 0 Å². The molecule has 5 rings (SSSR count). The third-order valence-corrected chi connectivity index (χ3v) is 7.18. The maximum atomic E-state index is 12.2. The highest BCUT2D eigenvalue weighted by Gasteiger charge is 2.33. The quantitative estimate of drug-likeness (QED) is 0.0536. The molecule has 0 bridgehead atoms. The number of amidine groups is 1. The smallest absolute Gasteiger partial charge is 0.377 e. The van der Waals surface area contributed by atoms with Gasteiger partial charge >= 0.3 is 11.9 Å². The molecule has 18 nitrogen and oxygen atoms in total. The first-order valence-electron chi connectivity index (χ1n) is 14.2. The average Bonchev–Trinajstić information content (AvgIpc) is 3.68. The van der Waals surface area contributed by atoms with Gasteiger partial charge in [0.1, 0.15) is 11.4 Å². The second-order valence-corrected chi connectivity index (χ2v) is 12.2. The summed E-state index contributed by atoms with van der Waals surface area (Å²) in [6.07, 6.45) is 9.84. The number of Topliss-reactive ketones (excluding diaryl/α,β-unsaturated/α-hetero) is 1. The highest BCUT2D eigenvalue weighted by molar-refractivity contribution is 8.13. The van der Waals surface area contributed by atoms with Crippen LogP contribution in [0.2, 0.25) is 0 Å². The highest BCUT2D eigenvalue weighted by Crippen LogP contribution is 2.34. The van der Waals surface area contributed by atoms with E-state index in [0.717, 1.165) is 23.2 Å². The fourth-order valence-electron chi connectivity index (χ4n) is 4.26. The van der Waals surface area contributed by atoms with Gasteiger partial charge in [-0.3, -0.25) is 18.6 Å². The molecule has 3 heterocycles. The number of aryl methyl sites for hydroxylation is 1. The van der Waals surface area contributed by atoms with Crippen molar-refractivity contribution in [3.63, 3.8) is 0 Å². The molecule has 49 heavy (non-hydrogen) atoms. The highest BCUT2D eigenvalue weighted by atomic mass is 32.3. The van der Waals surface area contributed by atoms with Crippen LogP contribution in [0.4, 0.5) is 0 Å². The number of carbonyl (C=O) groups excluding carboxylic acids is 3. The first-order chi connectivity index (χ1) is 23.1. The first-order valence-corrected chi connectivity index (χ1v) is 18.0. The molecule has 0 spiro atoms. The number of nitrogens with one attached hydrogen (secondary N) is 1. The minimum absolute atomic E-state index is 0.0501. The fraction of sp³-hybridized carbons (Fsp3) is 0.429. The van der Waals surface area contributed by atoms with Crippen molar-refractivity contribution in [3.05, 3.63) is 51.9 Å². The predicted molar refractivity (Wildman–Crippen MR) is 175 cm³/mol. The number of rotatable bonds is 6. The molecule has 0 atom stereocenters. The van der Waals surface area contributed by atoms with E-state index in [2.05, 4.69) is 20.3 Å². The number of hydrogen-bond acceptors (Lipinski definition) is 19. The van der Waals surface area contributed by atoms with Crippen LogP contribution in [0, 0.1) is 5.41 Å². The Kier molecular flexibility index (Phi) is 15.9. The molecule has 0 fully saturated rings. The van der Waals surface area contributed by atoms with Crippen molar-refractivity contribution in [2.75, 3.05) is 39.8 Å². The van der Waals surface area contributed by atoms with Gasteiger partial charge in [0.25, 0.3) is 0 Å². The van der Waals surface area contributed by atoms with Gasteiger partial charge in [0, 0.05) is 53.6 Å². The second kappa shape index (κ2) is 19.0. The van der Waals surface area contributed by atoms with Gasteiger partial charge in [0.05, 0.1) is 13.2 Å². The molecule has 0 saturated heterocycles. The molecule has 3 aromatic heterocycles. The van der Waals surface area contributed by atoms with Gasteiger partial charge in [-0.15, -0.1) is 0 Å². The maximum Gasteiger partial charge on any atom is 0.377 e. The van der Waals surface area contributed by atoms with E-state index in [4.69, 9.17) is 47.2 Å². The Morgan fingerprint density at radius 3 is 1.94 bits per heavy atom. The molecule has 0 saturated carbocycles. The number of fused-ring (bicyclic) bond motifs is 4. The summed E-state index contributed by atoms with van der Waals surface area (Å²) in [5, 5.41) is 15.0. The predicted octanol–water partition coefficient (Wildman–Crippen LogP) is 2.46. The summed E-state index contributed by atoms with van der Waals surface area (Å²) < 4.78 is 54.1. The average molecular weight is 742 g/mol. The standard InChI is InChI=1S/C13H13N3O3S.C13H16N2O4.C2H6N2S.H2O4S/c1-3-18-12(17)11-8-5-4-7-6-14-13(20-2)15-9(7)10(8)16-19-11;1-4-18-13(17)12-9-6-5-8(7-15(2)3)11(16)10(9)14-19-12;1-5-2(3)4;1-5(2,3)4/h6H,3-5H2,1-2H3;7H,4-6H2,1-3H3;1H3,(H3,3,4);(H2,1,2,3,4)/p-2/b;8-7+;;. The van der Waals surface area contributed by atoms with Gasteiger partial charge in [0.2, 0.25) is 17.3 Å². The summed E-state index contributed by atoms with van der Waals surface area (Å²) in [7, 11) is -1.47. The molecule has 3 N–H and O–H groups in total. The minimum Gasteiger partial charge on any atom is -0.759 e. The number of nitrogens with two attached hydrogens (primary N) is 1. The number of thioether (sulfide) groups is 2. The Morgan fingerprint density at radius 1 is 0.980 bits per heavy atom. The van der Waals surface area contributed by atoms with Crippen LogP contribution in [0.1, 0.15) is 68.6 Å². The topological polar surface area (TPSA) is 281 Å². The van der Waals surface area contributed by atoms with E-state index >= 15 is 0 Å². The first kappa shape index (κ1) is 40.9. The summed E-state index contributed by atoms with van der Waals surface area (Å²) in [6, 6.07) is 0. The van der Waals surface area contributed by atoms with E-state index in [0.29, 0.717) is 47.9 Å². The molecule has 3 aromatic rings. The lowest BCUT2D eigenvalue weighted by molar-refractivity contribution is 0.0469. The van der Waals surface area contributed by atoms with E-state index < -0.39 is 22.3 Å². The van der Waals surface area contributed by atoms with E-state index in [1.54, 1.807) is 26.3 Å². The lowest BCUT2D eigenvalue weighted by Crippen LogP contribution is -2.18. The molecule has 268 valence electrons. The van der Waals surface area contributed by atoms with Crippen LogP contribution in [0.25, 0.3) is 11.4 Å². The van der Waals surface area contributed by atoms with Gasteiger partial charge in [-0.25, -0.2) is 19.6 Å². The van der Waals surface area contributed by atoms with Crippen LogP contribution in [0.5, 0.6) is 0 Å². The number of carbonyl (C=O) groups is 3. The minimum atomic E-state index is -5.17.